The number of hydrogen-bond acceptors (Lipinski definition) is 5. The number of carbonyl (C=O) groups excluding carboxylic acids is 1. The number of halogens is 2. The summed E-state index contributed by atoms with van der Waals surface area (Å²) in [5.41, 5.74) is 1.37. The van der Waals surface area contributed by atoms with Crippen LogP contribution in [0.25, 0.3) is 17.1 Å². The molecule has 1 amide bonds. The van der Waals surface area contributed by atoms with Gasteiger partial charge in [-0.15, -0.1) is 10.2 Å². The van der Waals surface area contributed by atoms with E-state index in [0.717, 1.165) is 18.2 Å². The fourth-order valence-electron chi connectivity index (χ4n) is 3.23. The molecule has 9 heteroatoms. The molecule has 1 heterocycles. The Balaban J connectivity index is 1.57. The van der Waals surface area contributed by atoms with Gasteiger partial charge in [0.15, 0.2) is 11.0 Å². The Kier molecular flexibility index (Phi) is 7.54. The minimum Gasteiger partial charge on any atom is -0.491 e. The maximum absolute atomic E-state index is 14.5. The smallest absolute Gasteiger partial charge is 0.234 e. The van der Waals surface area contributed by atoms with Gasteiger partial charge in [0.05, 0.1) is 23.6 Å². The number of ether oxygens (including phenoxy) is 1. The van der Waals surface area contributed by atoms with E-state index in [1.165, 1.54) is 18.2 Å². The van der Waals surface area contributed by atoms with Crippen LogP contribution in [-0.4, -0.2) is 33.0 Å². The van der Waals surface area contributed by atoms with Crippen LogP contribution in [0.3, 0.4) is 0 Å². The molecule has 174 valence electrons. The SMILES string of the molecule is CCCOc1ccccc1NC(=O)CSc1nnc(-c2ccccc2F)n1-c1ccc(F)cc1. The molecule has 0 fully saturated rings. The molecule has 6 nitrogen and oxygen atoms in total. The zero-order chi connectivity index (χ0) is 23.9. The van der Waals surface area contributed by atoms with Gasteiger partial charge in [0.2, 0.25) is 5.91 Å². The Morgan fingerprint density at radius 2 is 1.74 bits per heavy atom. The molecule has 0 aliphatic carbocycles. The third kappa shape index (κ3) is 5.43. The molecule has 0 aliphatic rings. The predicted molar refractivity (Wildman–Crippen MR) is 128 cm³/mol. The van der Waals surface area contributed by atoms with Crippen LogP contribution in [0, 0.1) is 11.6 Å². The molecule has 0 bridgehead atoms. The minimum absolute atomic E-state index is 0.0265. The van der Waals surface area contributed by atoms with Crippen LogP contribution in [0.2, 0.25) is 0 Å². The van der Waals surface area contributed by atoms with Gasteiger partial charge in [-0.05, 0) is 55.0 Å². The number of amides is 1. The highest BCUT2D eigenvalue weighted by molar-refractivity contribution is 7.99. The standard InChI is InChI=1S/C25H22F2N4O2S/c1-2-15-33-22-10-6-5-9-21(22)28-23(32)16-34-25-30-29-24(19-7-3-4-8-20(19)27)31(25)18-13-11-17(26)12-14-18/h3-14H,2,15-16H2,1H3,(H,28,32). The Labute approximate surface area is 200 Å². The predicted octanol–water partition coefficient (Wildman–Crippen LogP) is 5.73. The Morgan fingerprint density at radius 1 is 1.00 bits per heavy atom. The van der Waals surface area contributed by atoms with E-state index in [9.17, 15) is 13.6 Å². The summed E-state index contributed by atoms with van der Waals surface area (Å²) in [7, 11) is 0. The van der Waals surface area contributed by atoms with E-state index < -0.39 is 11.6 Å². The highest BCUT2D eigenvalue weighted by atomic mass is 32.2. The van der Waals surface area contributed by atoms with Crippen LogP contribution in [0.4, 0.5) is 14.5 Å². The van der Waals surface area contributed by atoms with E-state index in [0.29, 0.717) is 28.9 Å². The van der Waals surface area contributed by atoms with Crippen molar-refractivity contribution in [3.8, 4) is 22.8 Å². The first-order chi connectivity index (χ1) is 16.6. The number of thioether (sulfide) groups is 1. The van der Waals surface area contributed by atoms with Gasteiger partial charge in [-0.25, -0.2) is 8.78 Å². The van der Waals surface area contributed by atoms with E-state index in [1.54, 1.807) is 47.0 Å². The fourth-order valence-corrected chi connectivity index (χ4v) is 3.98. The van der Waals surface area contributed by atoms with Crippen molar-refractivity contribution in [1.29, 1.82) is 0 Å². The first kappa shape index (κ1) is 23.4. The summed E-state index contributed by atoms with van der Waals surface area (Å²) >= 11 is 1.14. The molecule has 0 saturated carbocycles. The molecule has 0 radical (unpaired) electrons. The zero-order valence-corrected chi connectivity index (χ0v) is 19.2. The third-order valence-electron chi connectivity index (χ3n) is 4.79. The number of aromatic nitrogens is 3. The zero-order valence-electron chi connectivity index (χ0n) is 18.4. The van der Waals surface area contributed by atoms with Crippen LogP contribution in [0.15, 0.2) is 78.0 Å². The van der Waals surface area contributed by atoms with Crippen LogP contribution in [0.1, 0.15) is 13.3 Å². The molecular weight excluding hydrogens is 458 g/mol. The fraction of sp³-hybridized carbons (Fsp3) is 0.160. The maximum Gasteiger partial charge on any atom is 0.234 e. The van der Waals surface area contributed by atoms with E-state index in [-0.39, 0.29) is 23.0 Å². The quantitative estimate of drug-likeness (QED) is 0.310. The molecule has 1 aromatic heterocycles. The number of para-hydroxylation sites is 2. The highest BCUT2D eigenvalue weighted by Crippen LogP contribution is 2.30. The molecule has 0 unspecified atom stereocenters. The van der Waals surface area contributed by atoms with Gasteiger partial charge in [0.1, 0.15) is 17.4 Å². The summed E-state index contributed by atoms with van der Waals surface area (Å²) in [6.45, 7) is 2.55. The van der Waals surface area contributed by atoms with Crippen LogP contribution in [-0.2, 0) is 4.79 Å². The van der Waals surface area contributed by atoms with Crippen molar-refractivity contribution >= 4 is 23.4 Å². The lowest BCUT2D eigenvalue weighted by Crippen LogP contribution is -2.15. The topological polar surface area (TPSA) is 69.0 Å². The molecule has 0 atom stereocenters. The summed E-state index contributed by atoms with van der Waals surface area (Å²) in [6.07, 6.45) is 0.849. The summed E-state index contributed by atoms with van der Waals surface area (Å²) in [6, 6.07) is 19.1. The molecule has 3 aromatic carbocycles. The maximum atomic E-state index is 14.5. The van der Waals surface area contributed by atoms with E-state index >= 15 is 0 Å². The van der Waals surface area contributed by atoms with E-state index in [4.69, 9.17) is 4.74 Å². The molecule has 0 spiro atoms. The number of benzene rings is 3. The molecule has 0 saturated heterocycles. The Bertz CT molecular complexity index is 1280. The second-order valence-corrected chi connectivity index (χ2v) is 8.22. The molecule has 0 aliphatic heterocycles. The van der Waals surface area contributed by atoms with Crippen LogP contribution < -0.4 is 10.1 Å². The summed E-state index contributed by atoms with van der Waals surface area (Å²) in [5, 5.41) is 11.6. The molecule has 4 rings (SSSR count). The Morgan fingerprint density at radius 3 is 2.50 bits per heavy atom. The number of hydrogen-bond donors (Lipinski definition) is 1. The number of nitrogens with one attached hydrogen (secondary N) is 1. The number of rotatable bonds is 9. The van der Waals surface area contributed by atoms with Crippen molar-refractivity contribution < 1.29 is 18.3 Å². The number of nitrogens with zero attached hydrogens (tertiary/aromatic N) is 3. The second-order valence-electron chi connectivity index (χ2n) is 7.28. The lowest BCUT2D eigenvalue weighted by molar-refractivity contribution is -0.113. The summed E-state index contributed by atoms with van der Waals surface area (Å²) < 4.78 is 35.3. The summed E-state index contributed by atoms with van der Waals surface area (Å²) in [4.78, 5) is 12.7. The second kappa shape index (κ2) is 10.9. The van der Waals surface area contributed by atoms with Crippen LogP contribution >= 0.6 is 11.8 Å². The van der Waals surface area contributed by atoms with E-state index in [1.807, 2.05) is 19.1 Å². The first-order valence-electron chi connectivity index (χ1n) is 10.7. The lowest BCUT2D eigenvalue weighted by atomic mass is 10.2. The van der Waals surface area contributed by atoms with Gasteiger partial charge >= 0.3 is 0 Å². The van der Waals surface area contributed by atoms with Crippen molar-refractivity contribution in [1.82, 2.24) is 14.8 Å². The van der Waals surface area contributed by atoms with E-state index in [2.05, 4.69) is 15.5 Å². The van der Waals surface area contributed by atoms with Gasteiger partial charge < -0.3 is 10.1 Å². The van der Waals surface area contributed by atoms with Crippen LogP contribution in [0.5, 0.6) is 5.75 Å². The average molecular weight is 481 g/mol. The van der Waals surface area contributed by atoms with Crippen molar-refractivity contribution in [3.05, 3.63) is 84.4 Å². The lowest BCUT2D eigenvalue weighted by Gasteiger charge is -2.12. The molecular formula is C25H22F2N4O2S. The minimum atomic E-state index is -0.462. The number of anilines is 1. The van der Waals surface area contributed by atoms with Gasteiger partial charge in [-0.2, -0.15) is 0 Å². The molecule has 4 aromatic rings. The van der Waals surface area contributed by atoms with Crippen molar-refractivity contribution in [2.24, 2.45) is 0 Å². The highest BCUT2D eigenvalue weighted by Gasteiger charge is 2.20. The molecule has 1 N–H and O–H groups in total. The monoisotopic (exact) mass is 480 g/mol. The van der Waals surface area contributed by atoms with Crippen molar-refractivity contribution in [2.45, 2.75) is 18.5 Å². The van der Waals surface area contributed by atoms with Crippen molar-refractivity contribution in [3.63, 3.8) is 0 Å². The van der Waals surface area contributed by atoms with Crippen molar-refractivity contribution in [2.75, 3.05) is 17.7 Å². The number of carbonyl (C=O) groups is 1. The largest absolute Gasteiger partial charge is 0.491 e. The van der Waals surface area contributed by atoms with Gasteiger partial charge in [0.25, 0.3) is 0 Å². The van der Waals surface area contributed by atoms with Gasteiger partial charge in [0, 0.05) is 5.69 Å². The van der Waals surface area contributed by atoms with Gasteiger partial charge in [-0.1, -0.05) is 43.0 Å². The molecule has 34 heavy (non-hydrogen) atoms. The third-order valence-corrected chi connectivity index (χ3v) is 5.72. The normalized spacial score (nSPS) is 10.8. The average Bonchev–Trinajstić information content (AvgIpc) is 3.26. The first-order valence-corrected chi connectivity index (χ1v) is 11.7. The van der Waals surface area contributed by atoms with Gasteiger partial charge in [-0.3, -0.25) is 9.36 Å². The Hall–Kier alpha value is -3.72. The summed E-state index contributed by atoms with van der Waals surface area (Å²) in [5.74, 6) is -0.250.